The molecule has 5 heteroatoms. The fraction of sp³-hybridized carbons (Fsp3) is 0.350. The van der Waals surface area contributed by atoms with Crippen LogP contribution in [0.4, 0.5) is 0 Å². The molecule has 1 amide bonds. The molecule has 0 aliphatic carbocycles. The second kappa shape index (κ2) is 7.15. The highest BCUT2D eigenvalue weighted by Gasteiger charge is 2.19. The van der Waals surface area contributed by atoms with Gasteiger partial charge in [-0.2, -0.15) is 0 Å². The highest BCUT2D eigenvalue weighted by molar-refractivity contribution is 5.98. The lowest BCUT2D eigenvalue weighted by Gasteiger charge is -2.22. The maximum Gasteiger partial charge on any atom is 0.267 e. The summed E-state index contributed by atoms with van der Waals surface area (Å²) >= 11 is 0. The number of fused-ring (bicyclic) bond motifs is 1. The molecule has 0 saturated heterocycles. The van der Waals surface area contributed by atoms with Gasteiger partial charge < -0.3 is 14.7 Å². The Morgan fingerprint density at radius 1 is 1.24 bits per heavy atom. The largest absolute Gasteiger partial charge is 0.468 e. The van der Waals surface area contributed by atoms with Crippen molar-refractivity contribution >= 4 is 16.8 Å². The van der Waals surface area contributed by atoms with Crippen LogP contribution in [0.15, 0.2) is 47.1 Å². The third kappa shape index (κ3) is 3.77. The number of amides is 1. The van der Waals surface area contributed by atoms with E-state index >= 15 is 0 Å². The first-order valence-electron chi connectivity index (χ1n) is 8.56. The van der Waals surface area contributed by atoms with Crippen LogP contribution in [-0.2, 0) is 0 Å². The second-order valence-electron chi connectivity index (χ2n) is 6.89. The first kappa shape index (κ1) is 17.3. The highest BCUT2D eigenvalue weighted by atomic mass is 16.3. The molecule has 0 spiro atoms. The van der Waals surface area contributed by atoms with Crippen LogP contribution in [0.3, 0.4) is 0 Å². The standard InChI is InChI=1S/C20H25N3O2/c1-13(2)14-7-8-15-11-17(22-16(15)10-14)20(24)21-12-18(23(3)4)19-6-5-9-25-19/h5-11,13,18,22H,12H2,1-4H3,(H,21,24). The predicted octanol–water partition coefficient (Wildman–Crippen LogP) is 3.92. The predicted molar refractivity (Wildman–Crippen MR) is 99.9 cm³/mol. The monoisotopic (exact) mass is 339 g/mol. The average molecular weight is 339 g/mol. The molecule has 0 saturated carbocycles. The van der Waals surface area contributed by atoms with Gasteiger partial charge in [0.05, 0.1) is 12.3 Å². The van der Waals surface area contributed by atoms with E-state index in [4.69, 9.17) is 4.42 Å². The Morgan fingerprint density at radius 3 is 2.68 bits per heavy atom. The number of likely N-dealkylation sites (N-methyl/N-ethyl adjacent to an activating group) is 1. The molecule has 1 unspecified atom stereocenters. The summed E-state index contributed by atoms with van der Waals surface area (Å²) in [4.78, 5) is 17.8. The lowest BCUT2D eigenvalue weighted by molar-refractivity contribution is 0.0935. The number of hydrogen-bond donors (Lipinski definition) is 2. The number of carbonyl (C=O) groups excluding carboxylic acids is 1. The SMILES string of the molecule is CC(C)c1ccc2cc(C(=O)NCC(c3ccco3)N(C)C)[nH]c2c1. The van der Waals surface area contributed by atoms with Gasteiger partial charge in [0.25, 0.3) is 5.91 Å². The van der Waals surface area contributed by atoms with Gasteiger partial charge in [0.1, 0.15) is 11.5 Å². The molecule has 0 radical (unpaired) electrons. The number of aromatic amines is 1. The van der Waals surface area contributed by atoms with Crippen molar-refractivity contribution in [3.63, 3.8) is 0 Å². The van der Waals surface area contributed by atoms with Crippen molar-refractivity contribution in [2.75, 3.05) is 20.6 Å². The molecule has 1 aromatic carbocycles. The van der Waals surface area contributed by atoms with E-state index in [1.54, 1.807) is 6.26 Å². The number of benzene rings is 1. The van der Waals surface area contributed by atoms with Crippen molar-refractivity contribution < 1.29 is 9.21 Å². The van der Waals surface area contributed by atoms with Gasteiger partial charge in [-0.25, -0.2) is 0 Å². The van der Waals surface area contributed by atoms with Crippen molar-refractivity contribution in [3.05, 3.63) is 59.7 Å². The van der Waals surface area contributed by atoms with Gasteiger partial charge in [0.2, 0.25) is 0 Å². The van der Waals surface area contributed by atoms with Crippen LogP contribution < -0.4 is 5.32 Å². The Balaban J connectivity index is 1.73. The molecular formula is C20H25N3O2. The molecule has 3 aromatic rings. The summed E-state index contributed by atoms with van der Waals surface area (Å²) in [5.41, 5.74) is 2.83. The summed E-state index contributed by atoms with van der Waals surface area (Å²) in [6.07, 6.45) is 1.65. The smallest absolute Gasteiger partial charge is 0.267 e. The Hall–Kier alpha value is -2.53. The van der Waals surface area contributed by atoms with Gasteiger partial charge in [0, 0.05) is 17.4 Å². The van der Waals surface area contributed by atoms with E-state index in [1.165, 1.54) is 5.56 Å². The van der Waals surface area contributed by atoms with Crippen LogP contribution in [0, 0.1) is 0 Å². The van der Waals surface area contributed by atoms with Crippen molar-refractivity contribution in [1.29, 1.82) is 0 Å². The van der Waals surface area contributed by atoms with E-state index in [-0.39, 0.29) is 11.9 Å². The van der Waals surface area contributed by atoms with E-state index in [1.807, 2.05) is 37.2 Å². The zero-order valence-corrected chi connectivity index (χ0v) is 15.2. The summed E-state index contributed by atoms with van der Waals surface area (Å²) in [5, 5.41) is 4.04. The van der Waals surface area contributed by atoms with Crippen LogP contribution in [-0.4, -0.2) is 36.4 Å². The van der Waals surface area contributed by atoms with E-state index in [2.05, 4.69) is 42.3 Å². The summed E-state index contributed by atoms with van der Waals surface area (Å²) in [5.74, 6) is 1.18. The Bertz CT molecular complexity index is 847. The van der Waals surface area contributed by atoms with Gasteiger partial charge in [0.15, 0.2) is 0 Å². The molecule has 0 bridgehead atoms. The number of hydrogen-bond acceptors (Lipinski definition) is 3. The molecule has 0 aliphatic rings. The topological polar surface area (TPSA) is 61.3 Å². The molecule has 2 aromatic heterocycles. The minimum atomic E-state index is -0.110. The van der Waals surface area contributed by atoms with Crippen LogP contribution in [0.2, 0.25) is 0 Å². The molecular weight excluding hydrogens is 314 g/mol. The number of aromatic nitrogens is 1. The highest BCUT2D eigenvalue weighted by Crippen LogP contribution is 2.22. The van der Waals surface area contributed by atoms with Gasteiger partial charge >= 0.3 is 0 Å². The fourth-order valence-corrected chi connectivity index (χ4v) is 2.93. The molecule has 0 fully saturated rings. The first-order valence-corrected chi connectivity index (χ1v) is 8.56. The van der Waals surface area contributed by atoms with Gasteiger partial charge in [-0.1, -0.05) is 26.0 Å². The number of H-pyrrole nitrogens is 1. The average Bonchev–Trinajstić information content (AvgIpc) is 3.23. The number of nitrogens with zero attached hydrogens (tertiary/aromatic N) is 1. The maximum absolute atomic E-state index is 12.5. The summed E-state index contributed by atoms with van der Waals surface area (Å²) in [7, 11) is 3.94. The first-order chi connectivity index (χ1) is 12.0. The summed E-state index contributed by atoms with van der Waals surface area (Å²) < 4.78 is 5.48. The molecule has 25 heavy (non-hydrogen) atoms. The molecule has 0 aliphatic heterocycles. The molecule has 3 rings (SSSR count). The van der Waals surface area contributed by atoms with Gasteiger partial charge in [-0.15, -0.1) is 0 Å². The fourth-order valence-electron chi connectivity index (χ4n) is 2.93. The zero-order chi connectivity index (χ0) is 18.0. The summed E-state index contributed by atoms with van der Waals surface area (Å²) in [6, 6.07) is 12.0. The maximum atomic E-state index is 12.5. The number of nitrogens with one attached hydrogen (secondary N) is 2. The van der Waals surface area contributed by atoms with Crippen molar-refractivity contribution in [2.45, 2.75) is 25.8 Å². The quantitative estimate of drug-likeness (QED) is 0.715. The van der Waals surface area contributed by atoms with Gasteiger partial charge in [-0.3, -0.25) is 9.69 Å². The van der Waals surface area contributed by atoms with Crippen molar-refractivity contribution in [3.8, 4) is 0 Å². The molecule has 1 atom stereocenters. The molecule has 5 nitrogen and oxygen atoms in total. The Kier molecular flexibility index (Phi) is 4.95. The van der Waals surface area contributed by atoms with Crippen LogP contribution >= 0.6 is 0 Å². The normalized spacial score (nSPS) is 12.9. The third-order valence-electron chi connectivity index (χ3n) is 4.51. The molecule has 2 heterocycles. The molecule has 132 valence electrons. The minimum Gasteiger partial charge on any atom is -0.468 e. The van der Waals surface area contributed by atoms with Crippen molar-refractivity contribution in [1.82, 2.24) is 15.2 Å². The van der Waals surface area contributed by atoms with Crippen LogP contribution in [0.25, 0.3) is 10.9 Å². The van der Waals surface area contributed by atoms with Crippen LogP contribution in [0.1, 0.15) is 47.6 Å². The number of furan rings is 1. The number of carbonyl (C=O) groups is 1. The Labute approximate surface area is 148 Å². The van der Waals surface area contributed by atoms with Crippen molar-refractivity contribution in [2.24, 2.45) is 0 Å². The van der Waals surface area contributed by atoms with E-state index in [0.717, 1.165) is 16.7 Å². The molecule has 2 N–H and O–H groups in total. The Morgan fingerprint density at radius 2 is 2.04 bits per heavy atom. The lowest BCUT2D eigenvalue weighted by atomic mass is 10.0. The van der Waals surface area contributed by atoms with Gasteiger partial charge in [-0.05, 0) is 49.8 Å². The van der Waals surface area contributed by atoms with E-state index in [9.17, 15) is 4.79 Å². The second-order valence-corrected chi connectivity index (χ2v) is 6.89. The lowest BCUT2D eigenvalue weighted by Crippen LogP contribution is -2.34. The minimum absolute atomic E-state index is 0.00382. The van der Waals surface area contributed by atoms with E-state index in [0.29, 0.717) is 18.2 Å². The zero-order valence-electron chi connectivity index (χ0n) is 15.2. The number of rotatable bonds is 6. The third-order valence-corrected chi connectivity index (χ3v) is 4.51. The van der Waals surface area contributed by atoms with E-state index < -0.39 is 0 Å². The van der Waals surface area contributed by atoms with Crippen LogP contribution in [0.5, 0.6) is 0 Å². The summed E-state index contributed by atoms with van der Waals surface area (Å²) in [6.45, 7) is 4.80.